The van der Waals surface area contributed by atoms with Crippen LogP contribution in [0, 0.1) is 0 Å². The SMILES string of the molecule is CC/C=C\C/C=C\C/C=C\C/C=C\C/C=C\CCCCCC(=O)OC1C(OCC(NC(=O)C(O)CCCC/C=C\C/C=C\C/C=C\C/C=C\C/C=C\CC)C(O)/C=C/CCCCCCCCCCCCC)OC(CO)C(O)C1O. The molecule has 448 valence electrons. The number of carbonyl (C=O) groups is 2. The van der Waals surface area contributed by atoms with Crippen LogP contribution in [-0.4, -0.2) is 99.6 Å². The number of amides is 1. The number of hydrogen-bond acceptors (Lipinski definition) is 10. The van der Waals surface area contributed by atoms with Gasteiger partial charge in [0.15, 0.2) is 12.4 Å². The van der Waals surface area contributed by atoms with Crippen LogP contribution in [0.3, 0.4) is 0 Å². The molecule has 8 unspecified atom stereocenters. The zero-order chi connectivity index (χ0) is 57.5. The molecule has 0 aromatic rings. The first-order valence-electron chi connectivity index (χ1n) is 31.0. The van der Waals surface area contributed by atoms with E-state index in [-0.39, 0.29) is 19.4 Å². The molecule has 11 nitrogen and oxygen atoms in total. The van der Waals surface area contributed by atoms with Gasteiger partial charge in [0.25, 0.3) is 0 Å². The molecular formula is C68H111NO10. The molecule has 0 aromatic heterocycles. The lowest BCUT2D eigenvalue weighted by atomic mass is 9.99. The third-order valence-corrected chi connectivity index (χ3v) is 13.5. The zero-order valence-electron chi connectivity index (χ0n) is 49.4. The van der Waals surface area contributed by atoms with E-state index in [1.807, 2.05) is 6.08 Å². The first kappa shape index (κ1) is 72.8. The molecule has 0 bridgehead atoms. The van der Waals surface area contributed by atoms with Crippen LogP contribution in [0.15, 0.2) is 134 Å². The van der Waals surface area contributed by atoms with Crippen LogP contribution in [0.2, 0.25) is 0 Å². The molecule has 0 radical (unpaired) electrons. The Morgan fingerprint density at radius 3 is 1.37 bits per heavy atom. The van der Waals surface area contributed by atoms with Gasteiger partial charge in [-0.3, -0.25) is 9.59 Å². The van der Waals surface area contributed by atoms with Gasteiger partial charge in [0.2, 0.25) is 5.91 Å². The lowest BCUT2D eigenvalue weighted by Crippen LogP contribution is -2.61. The Morgan fingerprint density at radius 2 is 0.911 bits per heavy atom. The number of aliphatic hydroxyl groups is 5. The van der Waals surface area contributed by atoms with Gasteiger partial charge >= 0.3 is 5.97 Å². The largest absolute Gasteiger partial charge is 0.454 e. The number of rotatable bonds is 50. The highest BCUT2D eigenvalue weighted by atomic mass is 16.7. The normalized spacial score (nSPS) is 19.8. The summed E-state index contributed by atoms with van der Waals surface area (Å²) in [6, 6.07) is -1.06. The molecule has 6 N–H and O–H groups in total. The van der Waals surface area contributed by atoms with Crippen molar-refractivity contribution in [1.29, 1.82) is 0 Å². The fourth-order valence-electron chi connectivity index (χ4n) is 8.70. The minimum atomic E-state index is -1.64. The highest BCUT2D eigenvalue weighted by Crippen LogP contribution is 2.26. The van der Waals surface area contributed by atoms with E-state index in [1.54, 1.807) is 6.08 Å². The predicted octanol–water partition coefficient (Wildman–Crippen LogP) is 14.8. The third-order valence-electron chi connectivity index (χ3n) is 13.5. The van der Waals surface area contributed by atoms with E-state index in [2.05, 4.69) is 148 Å². The molecule has 79 heavy (non-hydrogen) atoms. The van der Waals surface area contributed by atoms with E-state index < -0.39 is 67.4 Å². The zero-order valence-corrected chi connectivity index (χ0v) is 49.4. The summed E-state index contributed by atoms with van der Waals surface area (Å²) in [6.07, 6.45) is 66.2. The van der Waals surface area contributed by atoms with Gasteiger partial charge in [0.05, 0.1) is 25.4 Å². The van der Waals surface area contributed by atoms with Gasteiger partial charge in [-0.05, 0) is 116 Å². The summed E-state index contributed by atoms with van der Waals surface area (Å²) in [5, 5.41) is 57.0. The second kappa shape index (κ2) is 54.4. The number of aliphatic hydroxyl groups excluding tert-OH is 5. The first-order chi connectivity index (χ1) is 38.7. The van der Waals surface area contributed by atoms with Gasteiger partial charge in [-0.2, -0.15) is 0 Å². The molecular weight excluding hydrogens is 991 g/mol. The predicted molar refractivity (Wildman–Crippen MR) is 328 cm³/mol. The Hall–Kier alpha value is -4.20. The van der Waals surface area contributed by atoms with E-state index in [0.29, 0.717) is 12.8 Å². The number of allylic oxidation sites excluding steroid dienone is 21. The number of ether oxygens (including phenoxy) is 3. The standard InChI is InChI=1S/C68H111NO10/c1-4-7-10-13-16-19-22-25-27-29-31-33-35-38-41-44-47-50-53-56-63(73)79-66-65(75)64(74)62(57-70)78-68(66)77-58-59(60(71)54-51-48-45-42-39-36-24-21-18-15-12-9-6-3)69-67(76)61(72)55-52-49-46-43-40-37-34-32-30-28-26-23-20-17-14-11-8-5-2/h7-8,10-11,16-17,19-20,25-28,31-34,38,40-41,43,51,54,59-62,64-66,68,70-72,74-75H,4-6,9,12-15,18,21-24,29-30,35-37,39,42,44-50,52-53,55-58H2,1-3H3,(H,69,76)/b10-7-,11-8-,19-16-,20-17-,27-25-,28-26-,33-31-,34-32-,41-38-,43-40-,54-51+. The van der Waals surface area contributed by atoms with Gasteiger partial charge in [-0.15, -0.1) is 0 Å². The maximum Gasteiger partial charge on any atom is 0.306 e. The smallest absolute Gasteiger partial charge is 0.306 e. The van der Waals surface area contributed by atoms with E-state index in [4.69, 9.17) is 14.2 Å². The van der Waals surface area contributed by atoms with Gasteiger partial charge in [-0.25, -0.2) is 0 Å². The van der Waals surface area contributed by atoms with Crippen molar-refractivity contribution in [1.82, 2.24) is 5.32 Å². The van der Waals surface area contributed by atoms with Crippen LogP contribution >= 0.6 is 0 Å². The van der Waals surface area contributed by atoms with Gasteiger partial charge in [0.1, 0.15) is 24.4 Å². The topological polar surface area (TPSA) is 175 Å². The van der Waals surface area contributed by atoms with Crippen molar-refractivity contribution >= 4 is 11.9 Å². The molecule has 0 saturated carbocycles. The molecule has 1 saturated heterocycles. The molecule has 8 atom stereocenters. The molecule has 11 heteroatoms. The monoisotopic (exact) mass is 1100 g/mol. The van der Waals surface area contributed by atoms with E-state index in [9.17, 15) is 35.1 Å². The summed E-state index contributed by atoms with van der Waals surface area (Å²) >= 11 is 0. The van der Waals surface area contributed by atoms with Gasteiger partial charge in [-0.1, -0.05) is 231 Å². The Morgan fingerprint density at radius 1 is 0.506 bits per heavy atom. The second-order valence-electron chi connectivity index (χ2n) is 20.7. The average molecular weight is 1100 g/mol. The number of hydrogen-bond donors (Lipinski definition) is 6. The molecule has 1 rings (SSSR count). The summed E-state index contributed by atoms with van der Waals surface area (Å²) in [6.45, 7) is 5.51. The summed E-state index contributed by atoms with van der Waals surface area (Å²) in [5.74, 6) is -1.27. The number of carbonyl (C=O) groups excluding carboxylic acids is 2. The molecule has 1 heterocycles. The molecule has 0 spiro atoms. The van der Waals surface area contributed by atoms with Crippen LogP contribution in [0.25, 0.3) is 0 Å². The Bertz CT molecular complexity index is 1790. The van der Waals surface area contributed by atoms with Crippen LogP contribution in [-0.2, 0) is 23.8 Å². The fraction of sp³-hybridized carbons (Fsp3) is 0.647. The molecule has 0 aliphatic carbocycles. The minimum absolute atomic E-state index is 0.0721. The lowest BCUT2D eigenvalue weighted by Gasteiger charge is -2.41. The maximum absolute atomic E-state index is 13.4. The number of unbranched alkanes of at least 4 members (excludes halogenated alkanes) is 16. The minimum Gasteiger partial charge on any atom is -0.454 e. The van der Waals surface area contributed by atoms with Gasteiger partial charge < -0.3 is 45.1 Å². The van der Waals surface area contributed by atoms with Gasteiger partial charge in [0, 0.05) is 6.42 Å². The highest BCUT2D eigenvalue weighted by Gasteiger charge is 2.47. The van der Waals surface area contributed by atoms with Crippen molar-refractivity contribution < 1.29 is 49.3 Å². The van der Waals surface area contributed by atoms with E-state index in [0.717, 1.165) is 122 Å². The van der Waals surface area contributed by atoms with Crippen LogP contribution < -0.4 is 5.32 Å². The number of nitrogens with one attached hydrogen (secondary N) is 1. The molecule has 0 aromatic carbocycles. The first-order valence-corrected chi connectivity index (χ1v) is 31.0. The van der Waals surface area contributed by atoms with Crippen LogP contribution in [0.5, 0.6) is 0 Å². The quantitative estimate of drug-likeness (QED) is 0.0195. The molecule has 1 amide bonds. The van der Waals surface area contributed by atoms with Crippen molar-refractivity contribution in [3.05, 3.63) is 134 Å². The van der Waals surface area contributed by atoms with Crippen LogP contribution in [0.4, 0.5) is 0 Å². The molecule has 1 fully saturated rings. The summed E-state index contributed by atoms with van der Waals surface area (Å²) < 4.78 is 17.6. The van der Waals surface area contributed by atoms with Crippen molar-refractivity contribution in [3.63, 3.8) is 0 Å². The summed E-state index contributed by atoms with van der Waals surface area (Å²) in [4.78, 5) is 26.5. The highest BCUT2D eigenvalue weighted by molar-refractivity contribution is 5.80. The summed E-state index contributed by atoms with van der Waals surface area (Å²) in [5.41, 5.74) is 0. The van der Waals surface area contributed by atoms with E-state index >= 15 is 0 Å². The molecule has 1 aliphatic rings. The lowest BCUT2D eigenvalue weighted by molar-refractivity contribution is -0.305. The van der Waals surface area contributed by atoms with Crippen molar-refractivity contribution in [2.75, 3.05) is 13.2 Å². The van der Waals surface area contributed by atoms with Crippen molar-refractivity contribution in [3.8, 4) is 0 Å². The average Bonchev–Trinajstić information content (AvgIpc) is 3.49. The Labute approximate surface area is 480 Å². The molecule has 1 aliphatic heterocycles. The fourth-order valence-corrected chi connectivity index (χ4v) is 8.70. The van der Waals surface area contributed by atoms with Crippen LogP contribution in [0.1, 0.15) is 220 Å². The maximum atomic E-state index is 13.4. The number of esters is 1. The van der Waals surface area contributed by atoms with Crippen molar-refractivity contribution in [2.24, 2.45) is 0 Å². The summed E-state index contributed by atoms with van der Waals surface area (Å²) in [7, 11) is 0. The Kier molecular flexibility index (Phi) is 50.1. The third kappa shape index (κ3) is 42.3. The second-order valence-corrected chi connectivity index (χ2v) is 20.7. The Balaban J connectivity index is 2.76. The van der Waals surface area contributed by atoms with Crippen molar-refractivity contribution in [2.45, 2.75) is 269 Å². The van der Waals surface area contributed by atoms with E-state index in [1.165, 1.54) is 51.4 Å².